The van der Waals surface area contributed by atoms with Crippen LogP contribution in [-0.2, 0) is 13.1 Å². The molecule has 1 aliphatic heterocycles. The first-order valence-electron chi connectivity index (χ1n) is 8.93. The Bertz CT molecular complexity index is 799. The molecule has 6 nitrogen and oxygen atoms in total. The monoisotopic (exact) mass is 336 g/mol. The Morgan fingerprint density at radius 3 is 2.88 bits per heavy atom. The standard InChI is InChI=1S/C19H24N6/c1-15-3-2-4-17(11-15)19-18(12-21-22-19)14-24-8-5-16(6-9-24)13-25-10-7-20-23-25/h2-4,7,10-12,16H,5-6,8-9,13-14H2,1H3,(H,21,22). The van der Waals surface area contributed by atoms with Crippen LogP contribution < -0.4 is 0 Å². The number of hydrogen-bond acceptors (Lipinski definition) is 4. The van der Waals surface area contributed by atoms with Crippen LogP contribution in [0.15, 0.2) is 42.9 Å². The van der Waals surface area contributed by atoms with E-state index in [2.05, 4.69) is 56.6 Å². The minimum absolute atomic E-state index is 0.693. The number of nitrogens with zero attached hydrogens (tertiary/aromatic N) is 5. The highest BCUT2D eigenvalue weighted by atomic mass is 15.4. The summed E-state index contributed by atoms with van der Waals surface area (Å²) in [7, 11) is 0. The molecule has 130 valence electrons. The second kappa shape index (κ2) is 7.19. The van der Waals surface area contributed by atoms with E-state index in [1.165, 1.54) is 29.5 Å². The van der Waals surface area contributed by atoms with Gasteiger partial charge in [0.25, 0.3) is 0 Å². The fourth-order valence-electron chi connectivity index (χ4n) is 3.64. The third-order valence-electron chi connectivity index (χ3n) is 5.04. The van der Waals surface area contributed by atoms with Gasteiger partial charge in [0.15, 0.2) is 0 Å². The molecule has 1 N–H and O–H groups in total. The predicted octanol–water partition coefficient (Wildman–Crippen LogP) is 2.89. The zero-order valence-electron chi connectivity index (χ0n) is 14.6. The zero-order chi connectivity index (χ0) is 17.1. The number of aromatic nitrogens is 5. The van der Waals surface area contributed by atoms with E-state index in [4.69, 9.17) is 0 Å². The normalized spacial score (nSPS) is 16.4. The number of hydrogen-bond donors (Lipinski definition) is 1. The summed E-state index contributed by atoms with van der Waals surface area (Å²) in [6.45, 7) is 6.30. The first kappa shape index (κ1) is 16.0. The molecule has 2 aromatic heterocycles. The van der Waals surface area contributed by atoms with Crippen LogP contribution in [0.4, 0.5) is 0 Å². The summed E-state index contributed by atoms with van der Waals surface area (Å²) in [5.41, 5.74) is 4.91. The van der Waals surface area contributed by atoms with Crippen molar-refractivity contribution in [3.8, 4) is 11.3 Å². The highest BCUT2D eigenvalue weighted by Gasteiger charge is 2.21. The fourth-order valence-corrected chi connectivity index (χ4v) is 3.64. The van der Waals surface area contributed by atoms with Gasteiger partial charge in [-0.25, -0.2) is 0 Å². The van der Waals surface area contributed by atoms with Crippen molar-refractivity contribution >= 4 is 0 Å². The molecule has 3 heterocycles. The van der Waals surface area contributed by atoms with Crippen molar-refractivity contribution in [2.75, 3.05) is 13.1 Å². The largest absolute Gasteiger partial charge is 0.299 e. The lowest BCUT2D eigenvalue weighted by Gasteiger charge is -2.31. The Kier molecular flexibility index (Phi) is 4.61. The van der Waals surface area contributed by atoms with Gasteiger partial charge < -0.3 is 0 Å². The summed E-state index contributed by atoms with van der Waals surface area (Å²) in [6.07, 6.45) is 8.08. The smallest absolute Gasteiger partial charge is 0.0695 e. The number of likely N-dealkylation sites (tertiary alicyclic amines) is 1. The number of benzene rings is 1. The fraction of sp³-hybridized carbons (Fsp3) is 0.421. The van der Waals surface area contributed by atoms with Crippen molar-refractivity contribution in [1.29, 1.82) is 0 Å². The molecule has 0 unspecified atom stereocenters. The summed E-state index contributed by atoms with van der Waals surface area (Å²) in [4.78, 5) is 2.53. The lowest BCUT2D eigenvalue weighted by atomic mass is 9.96. The number of H-pyrrole nitrogens is 1. The third-order valence-corrected chi connectivity index (χ3v) is 5.04. The van der Waals surface area contributed by atoms with Gasteiger partial charge in [0.05, 0.1) is 18.1 Å². The van der Waals surface area contributed by atoms with Crippen molar-refractivity contribution in [3.05, 3.63) is 54.0 Å². The molecule has 0 atom stereocenters. The van der Waals surface area contributed by atoms with Crippen LogP contribution in [0, 0.1) is 12.8 Å². The Morgan fingerprint density at radius 2 is 2.12 bits per heavy atom. The van der Waals surface area contributed by atoms with Crippen LogP contribution in [0.2, 0.25) is 0 Å². The number of rotatable bonds is 5. The molecule has 0 radical (unpaired) electrons. The van der Waals surface area contributed by atoms with Gasteiger partial charge in [-0.05, 0) is 44.8 Å². The van der Waals surface area contributed by atoms with Crippen LogP contribution in [0.5, 0.6) is 0 Å². The first-order valence-corrected chi connectivity index (χ1v) is 8.93. The number of nitrogens with one attached hydrogen (secondary N) is 1. The summed E-state index contributed by atoms with van der Waals surface area (Å²) < 4.78 is 1.95. The second-order valence-corrected chi connectivity index (χ2v) is 6.98. The van der Waals surface area contributed by atoms with Gasteiger partial charge in [0.2, 0.25) is 0 Å². The van der Waals surface area contributed by atoms with Gasteiger partial charge in [-0.2, -0.15) is 5.10 Å². The number of piperidine rings is 1. The van der Waals surface area contributed by atoms with E-state index in [9.17, 15) is 0 Å². The van der Waals surface area contributed by atoms with Gasteiger partial charge in [0, 0.05) is 30.4 Å². The number of aromatic amines is 1. The maximum Gasteiger partial charge on any atom is 0.0695 e. The molecule has 3 aromatic rings. The summed E-state index contributed by atoms with van der Waals surface area (Å²) >= 11 is 0. The predicted molar refractivity (Wildman–Crippen MR) is 96.8 cm³/mol. The minimum atomic E-state index is 0.693. The molecule has 0 aliphatic carbocycles. The van der Waals surface area contributed by atoms with Crippen molar-refractivity contribution in [3.63, 3.8) is 0 Å². The van der Waals surface area contributed by atoms with Gasteiger partial charge in [-0.15, -0.1) is 5.10 Å². The Morgan fingerprint density at radius 1 is 1.24 bits per heavy atom. The van der Waals surface area contributed by atoms with Crippen molar-refractivity contribution in [2.24, 2.45) is 5.92 Å². The Hall–Kier alpha value is -2.47. The van der Waals surface area contributed by atoms with Crippen LogP contribution in [-0.4, -0.2) is 43.2 Å². The van der Waals surface area contributed by atoms with Gasteiger partial charge in [-0.1, -0.05) is 29.0 Å². The van der Waals surface area contributed by atoms with Crippen molar-refractivity contribution < 1.29 is 0 Å². The lowest BCUT2D eigenvalue weighted by molar-refractivity contribution is 0.164. The topological polar surface area (TPSA) is 62.6 Å². The van der Waals surface area contributed by atoms with Crippen molar-refractivity contribution in [2.45, 2.75) is 32.9 Å². The van der Waals surface area contributed by atoms with Crippen LogP contribution in [0.25, 0.3) is 11.3 Å². The third kappa shape index (κ3) is 3.79. The SMILES string of the molecule is Cc1cccc(-c2[nH]ncc2CN2CCC(Cn3ccnn3)CC2)c1. The molecular formula is C19H24N6. The van der Waals surface area contributed by atoms with E-state index in [-0.39, 0.29) is 0 Å². The molecule has 6 heteroatoms. The Labute approximate surface area is 147 Å². The molecule has 1 fully saturated rings. The maximum absolute atomic E-state index is 4.29. The molecule has 0 spiro atoms. The van der Waals surface area contributed by atoms with Crippen LogP contribution in [0.1, 0.15) is 24.0 Å². The summed E-state index contributed by atoms with van der Waals surface area (Å²) in [5, 5.41) is 15.4. The second-order valence-electron chi connectivity index (χ2n) is 6.98. The van der Waals surface area contributed by atoms with E-state index in [0.29, 0.717) is 5.92 Å². The maximum atomic E-state index is 4.29. The van der Waals surface area contributed by atoms with Crippen LogP contribution >= 0.6 is 0 Å². The van der Waals surface area contributed by atoms with E-state index in [0.717, 1.165) is 31.9 Å². The average molecular weight is 336 g/mol. The quantitative estimate of drug-likeness (QED) is 0.778. The first-order chi connectivity index (χ1) is 12.3. The van der Waals surface area contributed by atoms with E-state index in [1.807, 2.05) is 17.1 Å². The molecule has 0 saturated carbocycles. The molecule has 0 amide bonds. The average Bonchev–Trinajstić information content (AvgIpc) is 3.28. The van der Waals surface area contributed by atoms with Gasteiger partial charge in [0.1, 0.15) is 0 Å². The highest BCUT2D eigenvalue weighted by Crippen LogP contribution is 2.25. The van der Waals surface area contributed by atoms with Gasteiger partial charge in [-0.3, -0.25) is 14.7 Å². The van der Waals surface area contributed by atoms with Gasteiger partial charge >= 0.3 is 0 Å². The van der Waals surface area contributed by atoms with Crippen LogP contribution in [0.3, 0.4) is 0 Å². The lowest BCUT2D eigenvalue weighted by Crippen LogP contribution is -2.34. The van der Waals surface area contributed by atoms with Crippen molar-refractivity contribution in [1.82, 2.24) is 30.1 Å². The van der Waals surface area contributed by atoms with E-state index >= 15 is 0 Å². The minimum Gasteiger partial charge on any atom is -0.299 e. The molecule has 0 bridgehead atoms. The molecule has 1 aromatic carbocycles. The zero-order valence-corrected chi connectivity index (χ0v) is 14.6. The molecule has 1 aliphatic rings. The Balaban J connectivity index is 1.37. The number of aryl methyl sites for hydroxylation is 1. The van der Waals surface area contributed by atoms with E-state index < -0.39 is 0 Å². The molecular weight excluding hydrogens is 312 g/mol. The highest BCUT2D eigenvalue weighted by molar-refractivity contribution is 5.63. The summed E-state index contributed by atoms with van der Waals surface area (Å²) in [6, 6.07) is 8.58. The molecule has 4 rings (SSSR count). The van der Waals surface area contributed by atoms with E-state index in [1.54, 1.807) is 6.20 Å². The molecule has 1 saturated heterocycles. The molecule has 25 heavy (non-hydrogen) atoms. The summed E-state index contributed by atoms with van der Waals surface area (Å²) in [5.74, 6) is 0.693.